The molecule has 3 nitrogen and oxygen atoms in total. The lowest BCUT2D eigenvalue weighted by Gasteiger charge is -2.03. The van der Waals surface area contributed by atoms with E-state index in [9.17, 15) is 8.42 Å². The van der Waals surface area contributed by atoms with Gasteiger partial charge in [0, 0.05) is 0 Å². The van der Waals surface area contributed by atoms with Crippen molar-refractivity contribution in [3.05, 3.63) is 12.2 Å². The van der Waals surface area contributed by atoms with Crippen molar-refractivity contribution >= 4 is 11.0 Å². The van der Waals surface area contributed by atoms with Crippen molar-refractivity contribution in [3.8, 4) is 0 Å². The molecule has 0 radical (unpaired) electrons. The molecule has 0 aliphatic heterocycles. The Labute approximate surface area is 81.9 Å². The minimum atomic E-state index is -2.69. The highest BCUT2D eigenvalue weighted by Gasteiger charge is 1.97. The molecule has 0 unspecified atom stereocenters. The van der Waals surface area contributed by atoms with Gasteiger partial charge in [0.05, 0.1) is 6.61 Å². The Bertz CT molecular complexity index is 211. The van der Waals surface area contributed by atoms with E-state index >= 15 is 0 Å². The second-order valence-corrected chi connectivity index (χ2v) is 4.26. The van der Waals surface area contributed by atoms with Crippen LogP contribution in [0.15, 0.2) is 12.2 Å². The zero-order valence-corrected chi connectivity index (χ0v) is 9.29. The van der Waals surface area contributed by atoms with Crippen molar-refractivity contribution in [1.82, 2.24) is 0 Å². The lowest BCUT2D eigenvalue weighted by atomic mass is 10.1. The second kappa shape index (κ2) is 7.09. The van der Waals surface area contributed by atoms with Crippen LogP contribution in [0.3, 0.4) is 0 Å². The molecular formula is C9H18O3S. The number of hydrogen-bond donors (Lipinski definition) is 1. The van der Waals surface area contributed by atoms with Crippen LogP contribution in [0.2, 0.25) is 0 Å². The quantitative estimate of drug-likeness (QED) is 0.532. The van der Waals surface area contributed by atoms with Crippen LogP contribution >= 0.6 is 0 Å². The standard InChI is InChI=1S/C9H18O3S/c1-8(2)5-4-6-9(3)7-12-13(10)11/h4,6,8-9,13H,5,7H2,1-3H3/t9-/m1/s1. The zero-order chi connectivity index (χ0) is 10.3. The summed E-state index contributed by atoms with van der Waals surface area (Å²) in [5.41, 5.74) is 0. The van der Waals surface area contributed by atoms with Crippen molar-refractivity contribution in [3.63, 3.8) is 0 Å². The van der Waals surface area contributed by atoms with Crippen molar-refractivity contribution in [2.75, 3.05) is 6.61 Å². The summed E-state index contributed by atoms with van der Waals surface area (Å²) in [6.07, 6.45) is 5.07. The average molecular weight is 206 g/mol. The minimum Gasteiger partial charge on any atom is -0.272 e. The molecule has 0 saturated carbocycles. The number of thiol groups is 1. The monoisotopic (exact) mass is 206 g/mol. The van der Waals surface area contributed by atoms with Gasteiger partial charge in [0.1, 0.15) is 0 Å². The number of hydrogen-bond acceptors (Lipinski definition) is 3. The summed E-state index contributed by atoms with van der Waals surface area (Å²) in [5.74, 6) is 0.798. The molecule has 78 valence electrons. The van der Waals surface area contributed by atoms with Gasteiger partial charge in [-0.05, 0) is 18.3 Å². The third kappa shape index (κ3) is 9.56. The van der Waals surface area contributed by atoms with Crippen LogP contribution in [0.4, 0.5) is 0 Å². The molecule has 0 fully saturated rings. The maximum Gasteiger partial charge on any atom is 0.257 e. The van der Waals surface area contributed by atoms with E-state index in [1.807, 2.05) is 13.0 Å². The Morgan fingerprint density at radius 3 is 2.38 bits per heavy atom. The number of allylic oxidation sites excluding steroid dienone is 1. The van der Waals surface area contributed by atoms with Crippen LogP contribution in [0.25, 0.3) is 0 Å². The molecule has 0 aliphatic rings. The molecule has 0 aromatic heterocycles. The Kier molecular flexibility index (Phi) is 6.90. The van der Waals surface area contributed by atoms with E-state index in [2.05, 4.69) is 24.1 Å². The van der Waals surface area contributed by atoms with Crippen LogP contribution in [-0.2, 0) is 15.2 Å². The first kappa shape index (κ1) is 12.7. The minimum absolute atomic E-state index is 0.159. The highest BCUT2D eigenvalue weighted by molar-refractivity contribution is 7.67. The van der Waals surface area contributed by atoms with E-state index < -0.39 is 11.0 Å². The molecule has 0 saturated heterocycles. The van der Waals surface area contributed by atoms with Crippen molar-refractivity contribution in [2.24, 2.45) is 11.8 Å². The molecule has 0 aromatic rings. The normalized spacial score (nSPS) is 14.5. The van der Waals surface area contributed by atoms with Crippen molar-refractivity contribution < 1.29 is 12.6 Å². The molecule has 0 aliphatic carbocycles. The molecule has 0 heterocycles. The van der Waals surface area contributed by atoms with E-state index in [0.29, 0.717) is 5.92 Å². The van der Waals surface area contributed by atoms with E-state index in [1.165, 1.54) is 0 Å². The molecule has 0 rings (SSSR count). The van der Waals surface area contributed by atoms with Gasteiger partial charge in [-0.1, -0.05) is 32.9 Å². The molecule has 0 bridgehead atoms. The van der Waals surface area contributed by atoms with Crippen LogP contribution in [0.1, 0.15) is 27.2 Å². The first-order valence-corrected chi connectivity index (χ1v) is 5.56. The van der Waals surface area contributed by atoms with Gasteiger partial charge in [-0.25, -0.2) is 8.42 Å². The van der Waals surface area contributed by atoms with Crippen LogP contribution in [0, 0.1) is 11.8 Å². The number of rotatable bonds is 6. The van der Waals surface area contributed by atoms with Gasteiger partial charge in [0.25, 0.3) is 11.0 Å². The van der Waals surface area contributed by atoms with Gasteiger partial charge in [-0.2, -0.15) is 0 Å². The maximum atomic E-state index is 10.1. The van der Waals surface area contributed by atoms with Crippen LogP contribution in [0.5, 0.6) is 0 Å². The first-order chi connectivity index (χ1) is 6.02. The Balaban J connectivity index is 3.60. The van der Waals surface area contributed by atoms with Gasteiger partial charge < -0.3 is 0 Å². The third-order valence-corrected chi connectivity index (χ3v) is 1.87. The van der Waals surface area contributed by atoms with Crippen molar-refractivity contribution in [2.45, 2.75) is 27.2 Å². The zero-order valence-electron chi connectivity index (χ0n) is 8.40. The van der Waals surface area contributed by atoms with Crippen LogP contribution < -0.4 is 0 Å². The molecule has 13 heavy (non-hydrogen) atoms. The molecular weight excluding hydrogens is 188 g/mol. The van der Waals surface area contributed by atoms with E-state index in [-0.39, 0.29) is 12.5 Å². The van der Waals surface area contributed by atoms with Gasteiger partial charge in [0.2, 0.25) is 0 Å². The Morgan fingerprint density at radius 1 is 1.31 bits per heavy atom. The molecule has 1 atom stereocenters. The summed E-state index contributed by atoms with van der Waals surface area (Å²) < 4.78 is 24.6. The fourth-order valence-corrected chi connectivity index (χ4v) is 1.17. The van der Waals surface area contributed by atoms with E-state index in [4.69, 9.17) is 0 Å². The molecule has 0 N–H and O–H groups in total. The average Bonchev–Trinajstić information content (AvgIpc) is 2.00. The summed E-state index contributed by atoms with van der Waals surface area (Å²) in [5, 5.41) is 0. The largest absolute Gasteiger partial charge is 0.272 e. The fourth-order valence-electron chi connectivity index (χ4n) is 0.817. The Morgan fingerprint density at radius 2 is 1.92 bits per heavy atom. The first-order valence-electron chi connectivity index (χ1n) is 4.46. The predicted molar refractivity (Wildman–Crippen MR) is 54.0 cm³/mol. The van der Waals surface area contributed by atoms with Gasteiger partial charge >= 0.3 is 0 Å². The summed E-state index contributed by atoms with van der Waals surface area (Å²) >= 11 is 0. The Hall–Kier alpha value is -0.350. The highest BCUT2D eigenvalue weighted by Crippen LogP contribution is 2.04. The van der Waals surface area contributed by atoms with Gasteiger partial charge in [-0.15, -0.1) is 0 Å². The summed E-state index contributed by atoms with van der Waals surface area (Å²) in [7, 11) is -2.69. The lowest BCUT2D eigenvalue weighted by Crippen LogP contribution is -2.01. The van der Waals surface area contributed by atoms with E-state index in [0.717, 1.165) is 6.42 Å². The maximum absolute atomic E-state index is 10.1. The predicted octanol–water partition coefficient (Wildman–Crippen LogP) is 1.77. The summed E-state index contributed by atoms with van der Waals surface area (Å²) in [6, 6.07) is 0. The molecule has 0 aromatic carbocycles. The molecule has 0 amide bonds. The SMILES string of the molecule is CC(C)CC=C[C@@H](C)CO[SH](=O)=O. The highest BCUT2D eigenvalue weighted by atomic mass is 32.2. The lowest BCUT2D eigenvalue weighted by molar-refractivity contribution is 0.300. The molecule has 4 heteroatoms. The molecule has 0 spiro atoms. The smallest absolute Gasteiger partial charge is 0.257 e. The fraction of sp³-hybridized carbons (Fsp3) is 0.778. The van der Waals surface area contributed by atoms with Gasteiger partial charge in [0.15, 0.2) is 0 Å². The van der Waals surface area contributed by atoms with Crippen molar-refractivity contribution in [1.29, 1.82) is 0 Å². The second-order valence-electron chi connectivity index (χ2n) is 3.55. The topological polar surface area (TPSA) is 43.4 Å². The van der Waals surface area contributed by atoms with Crippen LogP contribution in [-0.4, -0.2) is 15.0 Å². The summed E-state index contributed by atoms with van der Waals surface area (Å²) in [4.78, 5) is 0. The van der Waals surface area contributed by atoms with Gasteiger partial charge in [-0.3, -0.25) is 4.18 Å². The third-order valence-electron chi connectivity index (χ3n) is 1.51. The van der Waals surface area contributed by atoms with E-state index in [1.54, 1.807) is 0 Å². The summed E-state index contributed by atoms with van der Waals surface area (Å²) in [6.45, 7) is 6.45.